The number of carbonyl (C=O) groups is 4. The van der Waals surface area contributed by atoms with Crippen LogP contribution in [0, 0.1) is 5.92 Å². The summed E-state index contributed by atoms with van der Waals surface area (Å²) in [6, 6.07) is 2.97. The number of fused-ring (bicyclic) bond motifs is 1. The number of rotatable bonds is 11. The van der Waals surface area contributed by atoms with Crippen LogP contribution in [-0.4, -0.2) is 69.7 Å². The predicted molar refractivity (Wildman–Crippen MR) is 121 cm³/mol. The highest BCUT2D eigenvalue weighted by atomic mass is 16.4. The Kier molecular flexibility index (Phi) is 8.94. The van der Waals surface area contributed by atoms with Crippen LogP contribution >= 0.6 is 0 Å². The van der Waals surface area contributed by atoms with E-state index in [1.165, 1.54) is 6.92 Å². The van der Waals surface area contributed by atoms with Gasteiger partial charge in [-0.2, -0.15) is 0 Å². The Hall–Kier alpha value is -3.44. The fourth-order valence-electron chi connectivity index (χ4n) is 3.26. The smallest absolute Gasteiger partial charge is 0.326 e. The number of nitrogens with one attached hydrogen (secondary N) is 4. The number of benzene rings is 1. The summed E-state index contributed by atoms with van der Waals surface area (Å²) in [5.74, 6) is -3.59. The number of aromatic amines is 1. The highest BCUT2D eigenvalue weighted by Gasteiger charge is 2.31. The first kappa shape index (κ1) is 25.8. The Bertz CT molecular complexity index is 1000. The highest BCUT2D eigenvalue weighted by molar-refractivity contribution is 5.94. The summed E-state index contributed by atoms with van der Waals surface area (Å²) in [7, 11) is 0. The number of carboxylic acid groups (broad SMARTS) is 1. The van der Waals surface area contributed by atoms with Crippen molar-refractivity contribution in [3.63, 3.8) is 0 Å². The van der Waals surface area contributed by atoms with Gasteiger partial charge in [0.15, 0.2) is 0 Å². The van der Waals surface area contributed by atoms with Gasteiger partial charge in [-0.25, -0.2) is 4.79 Å². The zero-order valence-corrected chi connectivity index (χ0v) is 18.8. The van der Waals surface area contributed by atoms with Crippen LogP contribution in [0.3, 0.4) is 0 Å². The predicted octanol–water partition coefficient (Wildman–Crippen LogP) is -0.755. The molecule has 4 unspecified atom stereocenters. The van der Waals surface area contributed by atoms with Crippen LogP contribution in [-0.2, 0) is 25.6 Å². The molecule has 4 atom stereocenters. The van der Waals surface area contributed by atoms with Gasteiger partial charge in [0.05, 0.1) is 6.61 Å². The number of hydrogen-bond acceptors (Lipinski definition) is 6. The van der Waals surface area contributed by atoms with E-state index in [9.17, 15) is 24.3 Å². The van der Waals surface area contributed by atoms with Crippen molar-refractivity contribution in [3.05, 3.63) is 36.0 Å². The first-order chi connectivity index (χ1) is 15.5. The van der Waals surface area contributed by atoms with Crippen molar-refractivity contribution in [1.29, 1.82) is 0 Å². The van der Waals surface area contributed by atoms with E-state index in [4.69, 9.17) is 10.8 Å². The molecule has 0 aliphatic rings. The van der Waals surface area contributed by atoms with Gasteiger partial charge in [0.1, 0.15) is 24.2 Å². The van der Waals surface area contributed by atoms with Gasteiger partial charge in [0.2, 0.25) is 17.7 Å². The maximum Gasteiger partial charge on any atom is 0.326 e. The van der Waals surface area contributed by atoms with Crippen molar-refractivity contribution < 1.29 is 29.4 Å². The van der Waals surface area contributed by atoms with E-state index in [0.717, 1.165) is 16.5 Å². The lowest BCUT2D eigenvalue weighted by Crippen LogP contribution is -2.58. The zero-order chi connectivity index (χ0) is 24.7. The molecule has 1 aromatic carbocycles. The molecule has 180 valence electrons. The summed E-state index contributed by atoms with van der Waals surface area (Å²) in [4.78, 5) is 52.1. The second-order valence-corrected chi connectivity index (χ2v) is 8.21. The Morgan fingerprint density at radius 1 is 1.00 bits per heavy atom. The third-order valence-electron chi connectivity index (χ3n) is 5.25. The summed E-state index contributed by atoms with van der Waals surface area (Å²) in [5, 5.41) is 26.9. The number of hydrogen-bond donors (Lipinski definition) is 7. The Labute approximate surface area is 191 Å². The summed E-state index contributed by atoms with van der Waals surface area (Å²) in [5.41, 5.74) is 7.01. The lowest BCUT2D eigenvalue weighted by Gasteiger charge is -2.26. The number of aromatic nitrogens is 1. The fraction of sp³-hybridized carbons (Fsp3) is 0.455. The molecule has 0 saturated carbocycles. The minimum atomic E-state index is -1.21. The van der Waals surface area contributed by atoms with Crippen molar-refractivity contribution in [2.24, 2.45) is 11.7 Å². The SMILES string of the molecule is CC(NC(=O)C(N)CO)C(=O)NC(C(=O)NC(Cc1c[nH]c2ccccc12)C(=O)O)C(C)C. The van der Waals surface area contributed by atoms with E-state index < -0.39 is 54.5 Å². The van der Waals surface area contributed by atoms with Crippen molar-refractivity contribution in [2.75, 3.05) is 6.61 Å². The molecule has 0 radical (unpaired) electrons. The van der Waals surface area contributed by atoms with Gasteiger partial charge >= 0.3 is 5.97 Å². The van der Waals surface area contributed by atoms with E-state index in [0.29, 0.717) is 0 Å². The number of para-hydroxylation sites is 1. The first-order valence-corrected chi connectivity index (χ1v) is 10.6. The highest BCUT2D eigenvalue weighted by Crippen LogP contribution is 2.19. The van der Waals surface area contributed by atoms with Crippen LogP contribution in [0.15, 0.2) is 30.5 Å². The molecule has 11 heteroatoms. The molecular formula is C22H31N5O6. The molecule has 3 amide bonds. The molecular weight excluding hydrogens is 430 g/mol. The fourth-order valence-corrected chi connectivity index (χ4v) is 3.26. The van der Waals surface area contributed by atoms with Crippen molar-refractivity contribution in [1.82, 2.24) is 20.9 Å². The van der Waals surface area contributed by atoms with Crippen LogP contribution in [0.4, 0.5) is 0 Å². The molecule has 2 aromatic rings. The van der Waals surface area contributed by atoms with Gasteiger partial charge in [-0.15, -0.1) is 0 Å². The molecule has 33 heavy (non-hydrogen) atoms. The Balaban J connectivity index is 2.08. The van der Waals surface area contributed by atoms with Crippen molar-refractivity contribution >= 4 is 34.6 Å². The van der Waals surface area contributed by atoms with Gasteiger partial charge in [-0.3, -0.25) is 14.4 Å². The lowest BCUT2D eigenvalue weighted by atomic mass is 10.0. The second kappa shape index (κ2) is 11.4. The number of aliphatic carboxylic acids is 1. The lowest BCUT2D eigenvalue weighted by molar-refractivity contribution is -0.142. The summed E-state index contributed by atoms with van der Waals surface area (Å²) in [6.07, 6.45) is 1.76. The van der Waals surface area contributed by atoms with Crippen LogP contribution < -0.4 is 21.7 Å². The van der Waals surface area contributed by atoms with Crippen molar-refractivity contribution in [3.8, 4) is 0 Å². The third kappa shape index (κ3) is 6.77. The van der Waals surface area contributed by atoms with E-state index in [-0.39, 0.29) is 12.3 Å². The molecule has 11 nitrogen and oxygen atoms in total. The van der Waals surface area contributed by atoms with Gasteiger partial charge in [0, 0.05) is 23.5 Å². The maximum atomic E-state index is 12.9. The van der Waals surface area contributed by atoms with E-state index >= 15 is 0 Å². The Morgan fingerprint density at radius 3 is 2.27 bits per heavy atom. The van der Waals surface area contributed by atoms with Gasteiger partial charge in [0.25, 0.3) is 0 Å². The summed E-state index contributed by atoms with van der Waals surface area (Å²) >= 11 is 0. The zero-order valence-electron chi connectivity index (χ0n) is 18.8. The van der Waals surface area contributed by atoms with Crippen LogP contribution in [0.5, 0.6) is 0 Å². The van der Waals surface area contributed by atoms with Crippen LogP contribution in [0.1, 0.15) is 26.3 Å². The largest absolute Gasteiger partial charge is 0.480 e. The normalized spacial score (nSPS) is 14.8. The number of carboxylic acids is 1. The first-order valence-electron chi connectivity index (χ1n) is 10.6. The molecule has 1 heterocycles. The molecule has 0 saturated heterocycles. The quantitative estimate of drug-likeness (QED) is 0.229. The monoisotopic (exact) mass is 461 g/mol. The molecule has 0 fully saturated rings. The standard InChI is InChI=1S/C22H31N5O6/c1-11(2)18(27-19(29)12(3)25-20(30)15(23)10-28)21(31)26-17(22(32)33)8-13-9-24-16-7-5-4-6-14(13)16/h4-7,9,11-12,15,17-18,24,28H,8,10,23H2,1-3H3,(H,25,30)(H,26,31)(H,27,29)(H,32,33). The summed E-state index contributed by atoms with van der Waals surface area (Å²) in [6.45, 7) is 4.23. The van der Waals surface area contributed by atoms with Gasteiger partial charge in [-0.1, -0.05) is 32.0 Å². The summed E-state index contributed by atoms with van der Waals surface area (Å²) < 4.78 is 0. The molecule has 8 N–H and O–H groups in total. The van der Waals surface area contributed by atoms with Gasteiger partial charge < -0.3 is 36.9 Å². The van der Waals surface area contributed by atoms with E-state index in [1.54, 1.807) is 20.0 Å². The molecule has 0 bridgehead atoms. The molecule has 2 rings (SSSR count). The second-order valence-electron chi connectivity index (χ2n) is 8.21. The number of nitrogens with two attached hydrogens (primary N) is 1. The van der Waals surface area contributed by atoms with Crippen LogP contribution in [0.25, 0.3) is 10.9 Å². The van der Waals surface area contributed by atoms with Gasteiger partial charge in [-0.05, 0) is 24.5 Å². The van der Waals surface area contributed by atoms with Crippen molar-refractivity contribution in [2.45, 2.75) is 51.4 Å². The Morgan fingerprint density at radius 2 is 1.67 bits per heavy atom. The third-order valence-corrected chi connectivity index (χ3v) is 5.25. The number of H-pyrrole nitrogens is 1. The average Bonchev–Trinajstić information content (AvgIpc) is 3.18. The topological polar surface area (TPSA) is 187 Å². The molecule has 0 spiro atoms. The van der Waals surface area contributed by atoms with E-state index in [2.05, 4.69) is 20.9 Å². The maximum absolute atomic E-state index is 12.9. The minimum Gasteiger partial charge on any atom is -0.480 e. The molecule has 1 aromatic heterocycles. The number of aliphatic hydroxyl groups is 1. The van der Waals surface area contributed by atoms with Crippen LogP contribution in [0.2, 0.25) is 0 Å². The average molecular weight is 462 g/mol. The number of carbonyl (C=O) groups excluding carboxylic acids is 3. The number of amides is 3. The number of aliphatic hydroxyl groups excluding tert-OH is 1. The van der Waals surface area contributed by atoms with E-state index in [1.807, 2.05) is 24.3 Å². The minimum absolute atomic E-state index is 0.0509. The molecule has 0 aliphatic heterocycles. The molecule has 0 aliphatic carbocycles.